The molecule has 0 atom stereocenters. The Kier molecular flexibility index (Phi) is 3.50. The third kappa shape index (κ3) is 2.06. The van der Waals surface area contributed by atoms with Crippen molar-refractivity contribution in [2.75, 3.05) is 18.0 Å². The van der Waals surface area contributed by atoms with Gasteiger partial charge in [-0.15, -0.1) is 0 Å². The van der Waals surface area contributed by atoms with Crippen molar-refractivity contribution < 1.29 is 9.90 Å². The second-order valence-electron chi connectivity index (χ2n) is 4.87. The number of carbonyl (C=O) groups is 1. The molecule has 5 heteroatoms. The first-order valence-electron chi connectivity index (χ1n) is 5.92. The highest BCUT2D eigenvalue weighted by Crippen LogP contribution is 2.35. The predicted molar refractivity (Wildman–Crippen MR) is 71.8 cm³/mol. The van der Waals surface area contributed by atoms with Gasteiger partial charge in [0.05, 0.1) is 17.3 Å². The standard InChI is InChI=1S/C13H17ClN2O2/c1-13(2)12(18)15-6-7-16(13)11-9(8-17)4-3-5-10(11)14/h3-5,17H,6-8H2,1-2H3,(H,15,18). The van der Waals surface area contributed by atoms with E-state index >= 15 is 0 Å². The Morgan fingerprint density at radius 1 is 1.50 bits per heavy atom. The molecule has 0 aliphatic carbocycles. The molecule has 0 bridgehead atoms. The maximum Gasteiger partial charge on any atom is 0.245 e. The lowest BCUT2D eigenvalue weighted by Gasteiger charge is -2.43. The van der Waals surface area contributed by atoms with Crippen LogP contribution in [0, 0.1) is 0 Å². The van der Waals surface area contributed by atoms with E-state index in [1.54, 1.807) is 12.1 Å². The molecule has 0 aromatic heterocycles. The number of halogens is 1. The van der Waals surface area contributed by atoms with Crippen LogP contribution in [0.4, 0.5) is 5.69 Å². The number of carbonyl (C=O) groups excluding carboxylic acids is 1. The summed E-state index contributed by atoms with van der Waals surface area (Å²) in [5.41, 5.74) is 0.819. The Hall–Kier alpha value is -1.26. The largest absolute Gasteiger partial charge is 0.392 e. The summed E-state index contributed by atoms with van der Waals surface area (Å²) in [6.07, 6.45) is 0. The predicted octanol–water partition coefficient (Wildman–Crippen LogP) is 1.55. The number of hydrogen-bond donors (Lipinski definition) is 2. The lowest BCUT2D eigenvalue weighted by Crippen LogP contribution is -2.62. The molecular formula is C13H17ClN2O2. The minimum absolute atomic E-state index is 0.0300. The minimum Gasteiger partial charge on any atom is -0.392 e. The van der Waals surface area contributed by atoms with Gasteiger partial charge in [-0.2, -0.15) is 0 Å². The van der Waals surface area contributed by atoms with E-state index in [-0.39, 0.29) is 12.5 Å². The number of rotatable bonds is 2. The van der Waals surface area contributed by atoms with Crippen LogP contribution in [-0.2, 0) is 11.4 Å². The topological polar surface area (TPSA) is 52.6 Å². The van der Waals surface area contributed by atoms with Gasteiger partial charge in [0.1, 0.15) is 5.54 Å². The molecule has 1 aliphatic rings. The van der Waals surface area contributed by atoms with Crippen molar-refractivity contribution in [2.45, 2.75) is 26.0 Å². The zero-order valence-electron chi connectivity index (χ0n) is 10.5. The van der Waals surface area contributed by atoms with Gasteiger partial charge in [-0.3, -0.25) is 4.79 Å². The Morgan fingerprint density at radius 2 is 2.22 bits per heavy atom. The number of anilines is 1. The van der Waals surface area contributed by atoms with Crippen LogP contribution in [0.15, 0.2) is 18.2 Å². The van der Waals surface area contributed by atoms with Gasteiger partial charge >= 0.3 is 0 Å². The number of piperazine rings is 1. The van der Waals surface area contributed by atoms with Crippen LogP contribution in [0.3, 0.4) is 0 Å². The average Bonchev–Trinajstić information content (AvgIpc) is 2.33. The number of nitrogens with zero attached hydrogens (tertiary/aromatic N) is 1. The summed E-state index contributed by atoms with van der Waals surface area (Å²) in [5.74, 6) is -0.0300. The molecule has 0 saturated carbocycles. The molecule has 2 N–H and O–H groups in total. The van der Waals surface area contributed by atoms with E-state index in [2.05, 4.69) is 5.32 Å². The summed E-state index contributed by atoms with van der Waals surface area (Å²) in [7, 11) is 0. The van der Waals surface area contributed by atoms with Gasteiger partial charge in [0.15, 0.2) is 0 Å². The van der Waals surface area contributed by atoms with Crippen molar-refractivity contribution in [1.29, 1.82) is 0 Å². The molecule has 1 aromatic rings. The normalized spacial score (nSPS) is 18.7. The van der Waals surface area contributed by atoms with E-state index in [0.717, 1.165) is 11.3 Å². The molecule has 1 amide bonds. The minimum atomic E-state index is -0.673. The molecule has 1 saturated heterocycles. The summed E-state index contributed by atoms with van der Waals surface area (Å²) < 4.78 is 0. The van der Waals surface area contributed by atoms with Gasteiger partial charge in [0.25, 0.3) is 0 Å². The van der Waals surface area contributed by atoms with E-state index in [1.165, 1.54) is 0 Å². The van der Waals surface area contributed by atoms with Crippen LogP contribution in [0.1, 0.15) is 19.4 Å². The van der Waals surface area contributed by atoms with Crippen molar-refractivity contribution >= 4 is 23.2 Å². The van der Waals surface area contributed by atoms with E-state index < -0.39 is 5.54 Å². The molecule has 0 radical (unpaired) electrons. The number of aliphatic hydroxyl groups excluding tert-OH is 1. The molecular weight excluding hydrogens is 252 g/mol. The highest BCUT2D eigenvalue weighted by Gasteiger charge is 2.39. The number of amides is 1. The number of hydrogen-bond acceptors (Lipinski definition) is 3. The highest BCUT2D eigenvalue weighted by atomic mass is 35.5. The van der Waals surface area contributed by atoms with Gasteiger partial charge in [0, 0.05) is 18.7 Å². The van der Waals surface area contributed by atoms with Crippen LogP contribution < -0.4 is 10.2 Å². The second kappa shape index (κ2) is 4.78. The van der Waals surface area contributed by atoms with E-state index in [1.807, 2.05) is 24.8 Å². The first-order chi connectivity index (χ1) is 8.48. The fourth-order valence-corrected chi connectivity index (χ4v) is 2.58. The van der Waals surface area contributed by atoms with Crippen molar-refractivity contribution in [3.63, 3.8) is 0 Å². The Bertz CT molecular complexity index is 474. The third-order valence-corrected chi connectivity index (χ3v) is 3.67. The molecule has 4 nitrogen and oxygen atoms in total. The number of para-hydroxylation sites is 1. The summed E-state index contributed by atoms with van der Waals surface area (Å²) in [5, 5.41) is 12.8. The van der Waals surface area contributed by atoms with Crippen LogP contribution in [0.5, 0.6) is 0 Å². The summed E-state index contributed by atoms with van der Waals surface area (Å²) in [4.78, 5) is 13.9. The fraction of sp³-hybridized carbons (Fsp3) is 0.462. The highest BCUT2D eigenvalue weighted by molar-refractivity contribution is 6.33. The number of benzene rings is 1. The van der Waals surface area contributed by atoms with Crippen molar-refractivity contribution in [3.05, 3.63) is 28.8 Å². The number of aliphatic hydroxyl groups is 1. The molecule has 1 aromatic carbocycles. The Labute approximate surface area is 112 Å². The second-order valence-corrected chi connectivity index (χ2v) is 5.28. The van der Waals surface area contributed by atoms with E-state index in [0.29, 0.717) is 18.1 Å². The molecule has 2 rings (SSSR count). The lowest BCUT2D eigenvalue weighted by atomic mass is 9.96. The third-order valence-electron chi connectivity index (χ3n) is 3.36. The zero-order valence-corrected chi connectivity index (χ0v) is 11.3. The quantitative estimate of drug-likeness (QED) is 0.856. The van der Waals surface area contributed by atoms with Gasteiger partial charge in [-0.05, 0) is 19.9 Å². The van der Waals surface area contributed by atoms with Crippen molar-refractivity contribution in [2.24, 2.45) is 0 Å². The first-order valence-corrected chi connectivity index (χ1v) is 6.30. The van der Waals surface area contributed by atoms with Gasteiger partial charge in [-0.25, -0.2) is 0 Å². The molecule has 18 heavy (non-hydrogen) atoms. The molecule has 1 heterocycles. The van der Waals surface area contributed by atoms with Crippen LogP contribution in [0.2, 0.25) is 5.02 Å². The van der Waals surface area contributed by atoms with E-state index in [9.17, 15) is 9.90 Å². The monoisotopic (exact) mass is 268 g/mol. The van der Waals surface area contributed by atoms with Crippen molar-refractivity contribution in [1.82, 2.24) is 5.32 Å². The number of nitrogens with one attached hydrogen (secondary N) is 1. The van der Waals surface area contributed by atoms with Gasteiger partial charge in [-0.1, -0.05) is 23.7 Å². The van der Waals surface area contributed by atoms with Crippen LogP contribution >= 0.6 is 11.6 Å². The molecule has 1 aliphatic heterocycles. The maximum absolute atomic E-state index is 12.0. The summed E-state index contributed by atoms with van der Waals surface area (Å²) in [6, 6.07) is 5.40. The fourth-order valence-electron chi connectivity index (χ4n) is 2.28. The smallest absolute Gasteiger partial charge is 0.245 e. The first kappa shape index (κ1) is 13.2. The zero-order chi connectivity index (χ0) is 13.3. The summed E-state index contributed by atoms with van der Waals surface area (Å²) in [6.45, 7) is 4.87. The van der Waals surface area contributed by atoms with E-state index in [4.69, 9.17) is 11.6 Å². The molecule has 0 spiro atoms. The van der Waals surface area contributed by atoms with Crippen LogP contribution in [0.25, 0.3) is 0 Å². The Morgan fingerprint density at radius 3 is 2.89 bits per heavy atom. The molecule has 0 unspecified atom stereocenters. The van der Waals surface area contributed by atoms with Crippen LogP contribution in [-0.4, -0.2) is 29.6 Å². The molecule has 1 fully saturated rings. The SMILES string of the molecule is CC1(C)C(=O)NCCN1c1c(Cl)cccc1CO. The molecule has 98 valence electrons. The van der Waals surface area contributed by atoms with Gasteiger partial charge in [0.2, 0.25) is 5.91 Å². The van der Waals surface area contributed by atoms with Gasteiger partial charge < -0.3 is 15.3 Å². The average molecular weight is 269 g/mol. The maximum atomic E-state index is 12.0. The van der Waals surface area contributed by atoms with Crippen molar-refractivity contribution in [3.8, 4) is 0 Å². The summed E-state index contributed by atoms with van der Waals surface area (Å²) >= 11 is 6.23. The Balaban J connectivity index is 2.50. The lowest BCUT2D eigenvalue weighted by molar-refractivity contribution is -0.126.